The van der Waals surface area contributed by atoms with Gasteiger partial charge < -0.3 is 0 Å². The molecule has 0 saturated carbocycles. The number of carbonyl (C=O) groups is 3. The normalized spacial score (nSPS) is 13.5. The summed E-state index contributed by atoms with van der Waals surface area (Å²) in [6.07, 6.45) is -5.20. The third kappa shape index (κ3) is 5.54. The van der Waals surface area contributed by atoms with Gasteiger partial charge in [-0.3, -0.25) is 0 Å². The average Bonchev–Trinajstić information content (AvgIpc) is 2.56. The van der Waals surface area contributed by atoms with Crippen LogP contribution >= 0.6 is 0 Å². The van der Waals surface area contributed by atoms with Crippen LogP contribution in [0.4, 0.5) is 13.2 Å². The maximum absolute atomic E-state index is 12.5. The number of alkyl halides is 3. The molecular weight excluding hydrogens is 398 g/mol. The van der Waals surface area contributed by atoms with Crippen molar-refractivity contribution in [2.75, 3.05) is 14.2 Å². The Balaban J connectivity index is 3.13. The van der Waals surface area contributed by atoms with Crippen LogP contribution in [0.25, 0.3) is 0 Å². The van der Waals surface area contributed by atoms with E-state index in [1.54, 1.807) is 30.3 Å². The molecule has 1 amide bonds. The molecule has 0 aliphatic rings. The Hall–Kier alpha value is -2.06. The number of methoxy groups -OCH3 is 2. The van der Waals surface area contributed by atoms with Gasteiger partial charge in [-0.05, 0) is 0 Å². The second-order valence-electron chi connectivity index (χ2n) is 4.35. The number of hydrogen-bond acceptors (Lipinski definition) is 5. The van der Waals surface area contributed by atoms with Crippen LogP contribution in [0.3, 0.4) is 0 Å². The number of carbonyl (C=O) groups excluding carboxylic acids is 3. The summed E-state index contributed by atoms with van der Waals surface area (Å²) in [5.41, 5.74) is 0. The van der Waals surface area contributed by atoms with Gasteiger partial charge in [0.05, 0.1) is 0 Å². The van der Waals surface area contributed by atoms with E-state index in [9.17, 15) is 27.6 Å². The molecule has 0 heterocycles. The fourth-order valence-corrected chi connectivity index (χ4v) is 3.96. The predicted molar refractivity (Wildman–Crippen MR) is 77.6 cm³/mol. The first-order valence-electron chi connectivity index (χ1n) is 6.45. The Kier molecular flexibility index (Phi) is 7.24. The van der Waals surface area contributed by atoms with E-state index in [4.69, 9.17) is 0 Å². The zero-order chi connectivity index (χ0) is 18.3. The zero-order valence-electron chi connectivity index (χ0n) is 12.6. The van der Waals surface area contributed by atoms with Crippen molar-refractivity contribution >= 4 is 37.3 Å². The number of benzene rings is 1. The van der Waals surface area contributed by atoms with Gasteiger partial charge in [0.2, 0.25) is 0 Å². The molecule has 1 N–H and O–H groups in total. The first kappa shape index (κ1) is 20.0. The molecule has 0 aromatic heterocycles. The van der Waals surface area contributed by atoms with Crippen molar-refractivity contribution in [1.29, 1.82) is 0 Å². The summed E-state index contributed by atoms with van der Waals surface area (Å²) in [6.45, 7) is 0. The molecule has 1 aromatic rings. The van der Waals surface area contributed by atoms with Crippen LogP contribution < -0.4 is 9.78 Å². The van der Waals surface area contributed by atoms with E-state index >= 15 is 0 Å². The second kappa shape index (κ2) is 8.70. The molecule has 0 spiro atoms. The predicted octanol–water partition coefficient (Wildman–Crippen LogP) is 0.198. The number of ether oxygens (including phenoxy) is 2. The number of halogens is 3. The minimum atomic E-state index is -5.20. The van der Waals surface area contributed by atoms with E-state index in [1.165, 1.54) is 5.32 Å². The first-order chi connectivity index (χ1) is 11.2. The monoisotopic (exact) mass is 413 g/mol. The van der Waals surface area contributed by atoms with E-state index < -0.39 is 49.8 Å². The summed E-state index contributed by atoms with van der Waals surface area (Å²) in [7, 11) is 1.98. The van der Waals surface area contributed by atoms with Crippen molar-refractivity contribution in [2.45, 2.75) is 17.0 Å². The Labute approximate surface area is 141 Å². The molecule has 2 atom stereocenters. The number of nitrogens with one attached hydrogen (secondary N) is 1. The molecule has 10 heteroatoms. The van der Waals surface area contributed by atoms with Crippen LogP contribution in [0, 0.1) is 0 Å². The van der Waals surface area contributed by atoms with Gasteiger partial charge >= 0.3 is 141 Å². The Morgan fingerprint density at radius 3 is 2.04 bits per heavy atom. The summed E-state index contributed by atoms with van der Waals surface area (Å²) < 4.78 is 47.0. The topological polar surface area (TPSA) is 81.7 Å². The van der Waals surface area contributed by atoms with Gasteiger partial charge in [0, 0.05) is 0 Å². The van der Waals surface area contributed by atoms with Crippen LogP contribution in [-0.4, -0.2) is 59.2 Å². The van der Waals surface area contributed by atoms with Crippen LogP contribution in [0.15, 0.2) is 30.3 Å². The number of hydrogen-bond donors (Lipinski definition) is 1. The van der Waals surface area contributed by atoms with E-state index in [1.807, 2.05) is 0 Å². The van der Waals surface area contributed by atoms with Gasteiger partial charge in [-0.15, -0.1) is 0 Å². The van der Waals surface area contributed by atoms with Gasteiger partial charge in [0.1, 0.15) is 0 Å². The van der Waals surface area contributed by atoms with Crippen molar-refractivity contribution in [3.8, 4) is 0 Å². The fraction of sp³-hybridized carbons (Fsp3) is 0.357. The van der Waals surface area contributed by atoms with Gasteiger partial charge in [-0.25, -0.2) is 0 Å². The molecule has 0 fully saturated rings. The van der Waals surface area contributed by atoms with E-state index in [0.717, 1.165) is 14.2 Å². The zero-order valence-corrected chi connectivity index (χ0v) is 14.3. The molecule has 0 saturated heterocycles. The van der Waals surface area contributed by atoms with E-state index in [0.29, 0.717) is 4.46 Å². The maximum atomic E-state index is 12.5. The number of amides is 1. The van der Waals surface area contributed by atoms with E-state index in [-0.39, 0.29) is 0 Å². The van der Waals surface area contributed by atoms with Crippen molar-refractivity contribution < 1.29 is 37.0 Å². The minimum absolute atomic E-state index is 0.635. The molecule has 1 rings (SSSR count). The van der Waals surface area contributed by atoms with Gasteiger partial charge in [-0.2, -0.15) is 0 Å². The molecule has 1 aromatic carbocycles. The second-order valence-corrected chi connectivity index (χ2v) is 6.90. The molecule has 0 bridgehead atoms. The van der Waals surface area contributed by atoms with Crippen LogP contribution in [0.2, 0.25) is 4.82 Å². The molecule has 1 unspecified atom stereocenters. The van der Waals surface area contributed by atoms with Crippen molar-refractivity contribution in [3.05, 3.63) is 30.3 Å². The van der Waals surface area contributed by atoms with Gasteiger partial charge in [-0.1, -0.05) is 0 Å². The molecule has 0 aliphatic carbocycles. The van der Waals surface area contributed by atoms with Gasteiger partial charge in [0.15, 0.2) is 0 Å². The molecule has 132 valence electrons. The third-order valence-electron chi connectivity index (χ3n) is 2.74. The summed E-state index contributed by atoms with van der Waals surface area (Å²) in [5, 5.41) is 1.52. The summed E-state index contributed by atoms with van der Waals surface area (Å²) in [5.74, 6) is -4.42. The van der Waals surface area contributed by atoms with E-state index in [2.05, 4.69) is 9.47 Å². The molecule has 0 aliphatic heterocycles. The van der Waals surface area contributed by atoms with Crippen molar-refractivity contribution in [3.63, 3.8) is 0 Å². The number of esters is 2. The Morgan fingerprint density at radius 1 is 1.04 bits per heavy atom. The molecule has 24 heavy (non-hydrogen) atoms. The fourth-order valence-electron chi connectivity index (χ4n) is 1.62. The SMILES string of the molecule is COC(=O)C([Se]c1ccccc1)[C@@H](NC(=O)C(F)(F)F)C(=O)OC. The van der Waals surface area contributed by atoms with Crippen LogP contribution in [-0.2, 0) is 23.9 Å². The Bertz CT molecular complexity index is 594. The summed E-state index contributed by atoms with van der Waals surface area (Å²) in [6, 6.07) is 6.55. The first-order valence-corrected chi connectivity index (χ1v) is 8.30. The molecule has 6 nitrogen and oxygen atoms in total. The quantitative estimate of drug-likeness (QED) is 0.534. The molecule has 0 radical (unpaired) electrons. The summed E-state index contributed by atoms with van der Waals surface area (Å²) >= 11 is -0.786. The van der Waals surface area contributed by atoms with Gasteiger partial charge in [0.25, 0.3) is 0 Å². The third-order valence-corrected chi connectivity index (χ3v) is 5.39. The van der Waals surface area contributed by atoms with Crippen LogP contribution in [0.1, 0.15) is 0 Å². The van der Waals surface area contributed by atoms with Crippen LogP contribution in [0.5, 0.6) is 0 Å². The average molecular weight is 412 g/mol. The van der Waals surface area contributed by atoms with Crippen molar-refractivity contribution in [2.24, 2.45) is 0 Å². The molecular formula is C14H14F3NO5Se. The Morgan fingerprint density at radius 2 is 1.58 bits per heavy atom. The standard InChI is InChI=1S/C14H14F3NO5Se/c1-22-11(19)9(18-13(21)14(15,16)17)10(12(20)23-2)24-8-6-4-3-5-7-8/h3-7,9-10H,1-2H3,(H,18,21)/t9-,10?/m1/s1. The van der Waals surface area contributed by atoms with Crippen molar-refractivity contribution in [1.82, 2.24) is 5.32 Å². The summed E-state index contributed by atoms with van der Waals surface area (Å²) in [4.78, 5) is 33.6. The number of rotatable bonds is 6.